The average Bonchev–Trinajstić information content (AvgIpc) is 2.56. The number of benzene rings is 2. The van der Waals surface area contributed by atoms with Gasteiger partial charge in [0.25, 0.3) is 0 Å². The average molecular weight is 354 g/mol. The molecule has 2 aromatic carbocycles. The maximum absolute atomic E-state index is 9.89. The van der Waals surface area contributed by atoms with Crippen LogP contribution in [0.2, 0.25) is 10.0 Å². The zero-order valence-electron chi connectivity index (χ0n) is 12.8. The van der Waals surface area contributed by atoms with E-state index in [9.17, 15) is 5.11 Å². The number of para-hydroxylation sites is 1. The molecular weight excluding hydrogens is 333 g/mol. The number of aliphatic hydroxyl groups is 1. The molecule has 0 saturated carbocycles. The van der Waals surface area contributed by atoms with Gasteiger partial charge in [0.15, 0.2) is 0 Å². The largest absolute Gasteiger partial charge is 0.491 e. The summed E-state index contributed by atoms with van der Waals surface area (Å²) in [6.45, 7) is 1.54. The molecule has 0 fully saturated rings. The number of hydrogen-bond acceptors (Lipinski definition) is 3. The van der Waals surface area contributed by atoms with Gasteiger partial charge in [-0.05, 0) is 49.2 Å². The topological polar surface area (TPSA) is 41.5 Å². The van der Waals surface area contributed by atoms with Crippen molar-refractivity contribution in [2.45, 2.75) is 18.9 Å². The van der Waals surface area contributed by atoms with Crippen molar-refractivity contribution in [1.29, 1.82) is 0 Å². The summed E-state index contributed by atoms with van der Waals surface area (Å²) in [6.07, 6.45) is 1.16. The van der Waals surface area contributed by atoms with E-state index >= 15 is 0 Å². The second-order valence-electron chi connectivity index (χ2n) is 5.29. The van der Waals surface area contributed by atoms with E-state index in [1.807, 2.05) is 48.5 Å². The van der Waals surface area contributed by atoms with E-state index in [2.05, 4.69) is 5.32 Å². The predicted octanol–water partition coefficient (Wildman–Crippen LogP) is 3.96. The molecule has 0 heterocycles. The molecular formula is C18H21Cl2NO2. The van der Waals surface area contributed by atoms with Crippen molar-refractivity contribution >= 4 is 23.2 Å². The van der Waals surface area contributed by atoms with Crippen LogP contribution in [0.4, 0.5) is 0 Å². The monoisotopic (exact) mass is 353 g/mol. The molecule has 5 heteroatoms. The van der Waals surface area contributed by atoms with Gasteiger partial charge in [-0.2, -0.15) is 0 Å². The normalized spacial score (nSPS) is 12.1. The van der Waals surface area contributed by atoms with Crippen LogP contribution in [0, 0.1) is 0 Å². The molecule has 0 aliphatic carbocycles. The van der Waals surface area contributed by atoms with E-state index in [-0.39, 0.29) is 6.61 Å². The highest BCUT2D eigenvalue weighted by Crippen LogP contribution is 2.25. The molecule has 0 aliphatic heterocycles. The Labute approximate surface area is 147 Å². The molecule has 2 N–H and O–H groups in total. The quantitative estimate of drug-likeness (QED) is 0.670. The fraction of sp³-hybridized carbons (Fsp3) is 0.333. The van der Waals surface area contributed by atoms with Crippen molar-refractivity contribution in [2.24, 2.45) is 0 Å². The van der Waals surface area contributed by atoms with Crippen molar-refractivity contribution in [3.63, 3.8) is 0 Å². The predicted molar refractivity (Wildman–Crippen MR) is 95.6 cm³/mol. The maximum atomic E-state index is 9.89. The smallest absolute Gasteiger partial charge is 0.119 e. The minimum atomic E-state index is -0.542. The van der Waals surface area contributed by atoms with Crippen molar-refractivity contribution < 1.29 is 9.84 Å². The minimum absolute atomic E-state index is 0.271. The lowest BCUT2D eigenvalue weighted by atomic mass is 10.1. The SMILES string of the molecule is OC(CNCCCc1c(Cl)cccc1Cl)COc1ccccc1. The number of ether oxygens (including phenoxy) is 1. The Morgan fingerprint density at radius 2 is 1.70 bits per heavy atom. The van der Waals surface area contributed by atoms with Gasteiger partial charge in [0.05, 0.1) is 0 Å². The third-order valence-electron chi connectivity index (χ3n) is 3.41. The van der Waals surface area contributed by atoms with E-state index < -0.39 is 6.10 Å². The molecule has 1 atom stereocenters. The molecule has 0 bridgehead atoms. The van der Waals surface area contributed by atoms with E-state index in [4.69, 9.17) is 27.9 Å². The Bertz CT molecular complexity index is 573. The van der Waals surface area contributed by atoms with E-state index in [1.54, 1.807) is 0 Å². The van der Waals surface area contributed by atoms with Crippen LogP contribution in [-0.2, 0) is 6.42 Å². The molecule has 2 rings (SSSR count). The molecule has 0 amide bonds. The van der Waals surface area contributed by atoms with Crippen LogP contribution in [0.15, 0.2) is 48.5 Å². The Balaban J connectivity index is 1.60. The zero-order valence-corrected chi connectivity index (χ0v) is 14.4. The molecule has 1 unspecified atom stereocenters. The summed E-state index contributed by atoms with van der Waals surface area (Å²) in [5, 5.41) is 14.5. The first-order chi connectivity index (χ1) is 11.2. The summed E-state index contributed by atoms with van der Waals surface area (Å²) < 4.78 is 5.50. The van der Waals surface area contributed by atoms with E-state index in [0.29, 0.717) is 16.6 Å². The van der Waals surface area contributed by atoms with Gasteiger partial charge in [0, 0.05) is 16.6 Å². The number of hydrogen-bond donors (Lipinski definition) is 2. The van der Waals surface area contributed by atoms with Crippen LogP contribution in [-0.4, -0.2) is 30.9 Å². The molecule has 3 nitrogen and oxygen atoms in total. The van der Waals surface area contributed by atoms with Crippen molar-refractivity contribution in [3.8, 4) is 5.75 Å². The second-order valence-corrected chi connectivity index (χ2v) is 6.10. The Hall–Kier alpha value is -1.26. The summed E-state index contributed by atoms with van der Waals surface area (Å²) in [5.74, 6) is 0.764. The van der Waals surface area contributed by atoms with Gasteiger partial charge in [-0.3, -0.25) is 0 Å². The van der Waals surface area contributed by atoms with Gasteiger partial charge in [-0.1, -0.05) is 47.5 Å². The third-order valence-corrected chi connectivity index (χ3v) is 4.12. The fourth-order valence-corrected chi connectivity index (χ4v) is 2.78. The van der Waals surface area contributed by atoms with Gasteiger partial charge in [0.2, 0.25) is 0 Å². The van der Waals surface area contributed by atoms with Crippen LogP contribution >= 0.6 is 23.2 Å². The van der Waals surface area contributed by atoms with Crippen molar-refractivity contribution in [3.05, 3.63) is 64.1 Å². The van der Waals surface area contributed by atoms with Crippen molar-refractivity contribution in [1.82, 2.24) is 5.32 Å². The number of halogens is 2. The minimum Gasteiger partial charge on any atom is -0.491 e. The highest BCUT2D eigenvalue weighted by molar-refractivity contribution is 6.35. The van der Waals surface area contributed by atoms with E-state index in [1.165, 1.54) is 0 Å². The zero-order chi connectivity index (χ0) is 16.5. The summed E-state index contributed by atoms with van der Waals surface area (Å²) in [4.78, 5) is 0. The summed E-state index contributed by atoms with van der Waals surface area (Å²) in [7, 11) is 0. The van der Waals surface area contributed by atoms with Crippen LogP contribution in [0.3, 0.4) is 0 Å². The molecule has 0 radical (unpaired) electrons. The highest BCUT2D eigenvalue weighted by Gasteiger charge is 2.06. The fourth-order valence-electron chi connectivity index (χ4n) is 2.20. The molecule has 2 aromatic rings. The van der Waals surface area contributed by atoms with Crippen LogP contribution in [0.1, 0.15) is 12.0 Å². The van der Waals surface area contributed by atoms with Gasteiger partial charge in [-0.15, -0.1) is 0 Å². The summed E-state index contributed by atoms with van der Waals surface area (Å²) >= 11 is 12.3. The molecule has 0 aromatic heterocycles. The Morgan fingerprint density at radius 1 is 1.00 bits per heavy atom. The first-order valence-corrected chi connectivity index (χ1v) is 8.42. The molecule has 0 saturated heterocycles. The van der Waals surface area contributed by atoms with Gasteiger partial charge >= 0.3 is 0 Å². The molecule has 124 valence electrons. The second kappa shape index (κ2) is 9.78. The van der Waals surface area contributed by atoms with E-state index in [0.717, 1.165) is 30.7 Å². The molecule has 0 spiro atoms. The first kappa shape index (κ1) is 18.1. The van der Waals surface area contributed by atoms with Crippen molar-refractivity contribution in [2.75, 3.05) is 19.7 Å². The number of aliphatic hydroxyl groups excluding tert-OH is 1. The molecule has 23 heavy (non-hydrogen) atoms. The van der Waals surface area contributed by atoms with Crippen LogP contribution in [0.25, 0.3) is 0 Å². The van der Waals surface area contributed by atoms with Crippen LogP contribution < -0.4 is 10.1 Å². The highest BCUT2D eigenvalue weighted by atomic mass is 35.5. The summed E-state index contributed by atoms with van der Waals surface area (Å²) in [6, 6.07) is 15.0. The summed E-state index contributed by atoms with van der Waals surface area (Å²) in [5.41, 5.74) is 0.977. The Morgan fingerprint density at radius 3 is 2.39 bits per heavy atom. The lowest BCUT2D eigenvalue weighted by Crippen LogP contribution is -2.32. The standard InChI is InChI=1S/C18H21Cl2NO2/c19-17-9-4-10-18(20)16(17)8-5-11-21-12-14(22)13-23-15-6-2-1-3-7-15/h1-4,6-7,9-10,14,21-22H,5,8,11-13H2. The van der Waals surface area contributed by atoms with Gasteiger partial charge in [-0.25, -0.2) is 0 Å². The van der Waals surface area contributed by atoms with Crippen LogP contribution in [0.5, 0.6) is 5.75 Å². The number of rotatable bonds is 9. The maximum Gasteiger partial charge on any atom is 0.119 e. The lowest BCUT2D eigenvalue weighted by molar-refractivity contribution is 0.106. The third kappa shape index (κ3) is 6.40. The first-order valence-electron chi connectivity index (χ1n) is 7.66. The lowest BCUT2D eigenvalue weighted by Gasteiger charge is -2.13. The van der Waals surface area contributed by atoms with Gasteiger partial charge in [0.1, 0.15) is 18.5 Å². The number of nitrogens with one attached hydrogen (secondary N) is 1. The molecule has 0 aliphatic rings. The van der Waals surface area contributed by atoms with Gasteiger partial charge < -0.3 is 15.2 Å². The Kier molecular flexibility index (Phi) is 7.69.